The predicted octanol–water partition coefficient (Wildman–Crippen LogP) is 3.05. The molecule has 0 saturated carbocycles. The Morgan fingerprint density at radius 1 is 1.35 bits per heavy atom. The molecule has 0 fully saturated rings. The second-order valence-corrected chi connectivity index (χ2v) is 6.61. The summed E-state index contributed by atoms with van der Waals surface area (Å²) in [4.78, 5) is 20.5. The van der Waals surface area contributed by atoms with Crippen molar-refractivity contribution in [3.63, 3.8) is 0 Å². The summed E-state index contributed by atoms with van der Waals surface area (Å²) in [6.45, 7) is 0.765. The zero-order chi connectivity index (χ0) is 16.1. The average Bonchev–Trinajstić information content (AvgIpc) is 3.25. The van der Waals surface area contributed by atoms with E-state index in [0.717, 1.165) is 34.3 Å². The van der Waals surface area contributed by atoms with Gasteiger partial charge in [-0.3, -0.25) is 9.79 Å². The van der Waals surface area contributed by atoms with E-state index in [-0.39, 0.29) is 5.91 Å². The molecule has 0 saturated heterocycles. The lowest BCUT2D eigenvalue weighted by atomic mass is 10.2. The number of thiazole rings is 1. The van der Waals surface area contributed by atoms with Crippen molar-refractivity contribution in [2.45, 2.75) is 0 Å². The van der Waals surface area contributed by atoms with Crippen LogP contribution >= 0.6 is 23.1 Å². The van der Waals surface area contributed by atoms with E-state index in [1.807, 2.05) is 29.6 Å². The van der Waals surface area contributed by atoms with Crippen LogP contribution in [0.5, 0.6) is 5.75 Å². The number of nitrogens with zero attached hydrogens (tertiary/aromatic N) is 2. The van der Waals surface area contributed by atoms with Gasteiger partial charge < -0.3 is 10.1 Å². The molecule has 0 aliphatic carbocycles. The van der Waals surface area contributed by atoms with Crippen LogP contribution in [-0.2, 0) is 4.79 Å². The predicted molar refractivity (Wildman–Crippen MR) is 96.0 cm³/mol. The molecule has 0 unspecified atom stereocenters. The van der Waals surface area contributed by atoms with Gasteiger partial charge in [0.2, 0.25) is 5.91 Å². The van der Waals surface area contributed by atoms with Crippen LogP contribution in [0.4, 0.5) is 0 Å². The van der Waals surface area contributed by atoms with Crippen LogP contribution < -0.4 is 10.1 Å². The normalized spacial score (nSPS) is 14.0. The fourth-order valence-electron chi connectivity index (χ4n) is 1.95. The van der Waals surface area contributed by atoms with E-state index >= 15 is 0 Å². The number of hydrogen-bond acceptors (Lipinski definition) is 6. The molecule has 2 aromatic rings. The van der Waals surface area contributed by atoms with Gasteiger partial charge in [-0.2, -0.15) is 0 Å². The summed E-state index contributed by atoms with van der Waals surface area (Å²) in [6, 6.07) is 7.74. The number of carbonyl (C=O) groups is 1. The van der Waals surface area contributed by atoms with Gasteiger partial charge in [-0.05, 0) is 30.3 Å². The Morgan fingerprint density at radius 3 is 2.87 bits per heavy atom. The first-order valence-corrected chi connectivity index (χ1v) is 8.87. The van der Waals surface area contributed by atoms with Gasteiger partial charge in [-0.15, -0.1) is 11.3 Å². The quantitative estimate of drug-likeness (QED) is 0.865. The zero-order valence-electron chi connectivity index (χ0n) is 12.5. The summed E-state index contributed by atoms with van der Waals surface area (Å²) < 4.78 is 5.15. The summed E-state index contributed by atoms with van der Waals surface area (Å²) in [6.07, 6.45) is 3.19. The van der Waals surface area contributed by atoms with Gasteiger partial charge in [0, 0.05) is 22.8 Å². The Bertz CT molecular complexity index is 751. The van der Waals surface area contributed by atoms with Crippen molar-refractivity contribution in [3.8, 4) is 16.3 Å². The first-order valence-electron chi connectivity index (χ1n) is 7.01. The molecule has 1 aromatic heterocycles. The minimum absolute atomic E-state index is 0.183. The SMILES string of the molecule is COc1ccc(-c2nc(/C=C/C(=O)NC3=NCCS3)cs2)cc1. The van der Waals surface area contributed by atoms with E-state index in [1.165, 1.54) is 17.4 Å². The summed E-state index contributed by atoms with van der Waals surface area (Å²) in [5.74, 6) is 1.56. The standard InChI is InChI=1S/C16H15N3O2S2/c1-21-13-5-2-11(3-6-13)15-18-12(10-23-15)4-7-14(20)19-16-17-8-9-22-16/h2-7,10H,8-9H2,1H3,(H,17,19,20)/b7-4+. The number of amidine groups is 1. The minimum Gasteiger partial charge on any atom is -0.497 e. The third-order valence-electron chi connectivity index (χ3n) is 3.08. The maximum atomic E-state index is 11.8. The van der Waals surface area contributed by atoms with Crippen LogP contribution in [0.25, 0.3) is 16.6 Å². The fraction of sp³-hybridized carbons (Fsp3) is 0.188. The number of aromatic nitrogens is 1. The Hall–Kier alpha value is -2.12. The van der Waals surface area contributed by atoms with Gasteiger partial charge >= 0.3 is 0 Å². The topological polar surface area (TPSA) is 63.6 Å². The van der Waals surface area contributed by atoms with Gasteiger partial charge in [-0.1, -0.05) is 11.8 Å². The third kappa shape index (κ3) is 4.20. The lowest BCUT2D eigenvalue weighted by Crippen LogP contribution is -2.25. The van der Waals surface area contributed by atoms with Crippen LogP contribution in [0.3, 0.4) is 0 Å². The highest BCUT2D eigenvalue weighted by molar-refractivity contribution is 8.14. The highest BCUT2D eigenvalue weighted by Crippen LogP contribution is 2.26. The molecule has 3 rings (SSSR count). The van der Waals surface area contributed by atoms with Gasteiger partial charge in [0.1, 0.15) is 10.8 Å². The number of hydrogen-bond donors (Lipinski definition) is 1. The molecule has 7 heteroatoms. The molecule has 2 heterocycles. The Morgan fingerprint density at radius 2 is 2.17 bits per heavy atom. The van der Waals surface area contributed by atoms with Crippen molar-refractivity contribution in [3.05, 3.63) is 41.4 Å². The maximum Gasteiger partial charge on any atom is 0.249 e. The first-order chi connectivity index (χ1) is 11.2. The average molecular weight is 345 g/mol. The monoisotopic (exact) mass is 345 g/mol. The lowest BCUT2D eigenvalue weighted by Gasteiger charge is -2.00. The second kappa shape index (κ2) is 7.43. The van der Waals surface area contributed by atoms with Gasteiger partial charge in [0.15, 0.2) is 5.17 Å². The van der Waals surface area contributed by atoms with Gasteiger partial charge in [0.25, 0.3) is 0 Å². The van der Waals surface area contributed by atoms with Crippen molar-refractivity contribution >= 4 is 40.2 Å². The summed E-state index contributed by atoms with van der Waals surface area (Å²) in [5.41, 5.74) is 1.79. The maximum absolute atomic E-state index is 11.8. The molecule has 1 aliphatic heterocycles. The summed E-state index contributed by atoms with van der Waals surface area (Å²) in [7, 11) is 1.64. The number of rotatable bonds is 4. The molecule has 0 radical (unpaired) electrons. The van der Waals surface area contributed by atoms with Gasteiger partial charge in [0.05, 0.1) is 19.3 Å². The number of amides is 1. The number of nitrogens with one attached hydrogen (secondary N) is 1. The highest BCUT2D eigenvalue weighted by Gasteiger charge is 2.09. The largest absolute Gasteiger partial charge is 0.497 e. The molecular weight excluding hydrogens is 330 g/mol. The van der Waals surface area contributed by atoms with Crippen LogP contribution in [-0.4, -0.2) is 35.5 Å². The molecule has 23 heavy (non-hydrogen) atoms. The van der Waals surface area contributed by atoms with E-state index in [4.69, 9.17) is 4.74 Å². The first kappa shape index (κ1) is 15.8. The van der Waals surface area contributed by atoms with Crippen LogP contribution in [0.2, 0.25) is 0 Å². The number of thioether (sulfide) groups is 1. The molecule has 5 nitrogen and oxygen atoms in total. The zero-order valence-corrected chi connectivity index (χ0v) is 14.1. The van der Waals surface area contributed by atoms with E-state index in [9.17, 15) is 4.79 Å². The summed E-state index contributed by atoms with van der Waals surface area (Å²) in [5, 5.41) is 6.27. The van der Waals surface area contributed by atoms with Crippen molar-refractivity contribution < 1.29 is 9.53 Å². The van der Waals surface area contributed by atoms with Crippen molar-refractivity contribution in [2.75, 3.05) is 19.4 Å². The fourth-order valence-corrected chi connectivity index (χ4v) is 3.47. The molecule has 0 atom stereocenters. The smallest absolute Gasteiger partial charge is 0.249 e. The van der Waals surface area contributed by atoms with Crippen LogP contribution in [0, 0.1) is 0 Å². The van der Waals surface area contributed by atoms with E-state index in [0.29, 0.717) is 5.17 Å². The van der Waals surface area contributed by atoms with Crippen molar-refractivity contribution in [2.24, 2.45) is 4.99 Å². The van der Waals surface area contributed by atoms with Crippen LogP contribution in [0.15, 0.2) is 40.7 Å². The number of carbonyl (C=O) groups excluding carboxylic acids is 1. The molecular formula is C16H15N3O2S2. The summed E-state index contributed by atoms with van der Waals surface area (Å²) >= 11 is 3.10. The molecule has 118 valence electrons. The Balaban J connectivity index is 1.64. The third-order valence-corrected chi connectivity index (χ3v) is 4.88. The van der Waals surface area contributed by atoms with Crippen LogP contribution in [0.1, 0.15) is 5.69 Å². The second-order valence-electron chi connectivity index (χ2n) is 4.66. The minimum atomic E-state index is -0.183. The number of aliphatic imine (C=N–C) groups is 1. The number of methoxy groups -OCH3 is 1. The van der Waals surface area contributed by atoms with E-state index in [2.05, 4.69) is 15.3 Å². The molecule has 1 aliphatic rings. The van der Waals surface area contributed by atoms with Crippen molar-refractivity contribution in [1.29, 1.82) is 0 Å². The van der Waals surface area contributed by atoms with E-state index in [1.54, 1.807) is 24.9 Å². The molecule has 0 bridgehead atoms. The Labute approximate surface area is 142 Å². The highest BCUT2D eigenvalue weighted by atomic mass is 32.2. The molecule has 1 amide bonds. The number of benzene rings is 1. The lowest BCUT2D eigenvalue weighted by molar-refractivity contribution is -0.115. The van der Waals surface area contributed by atoms with Gasteiger partial charge in [-0.25, -0.2) is 4.98 Å². The van der Waals surface area contributed by atoms with Crippen molar-refractivity contribution in [1.82, 2.24) is 10.3 Å². The molecule has 1 N–H and O–H groups in total. The molecule has 0 spiro atoms. The van der Waals surface area contributed by atoms with E-state index < -0.39 is 0 Å². The number of ether oxygens (including phenoxy) is 1. The Kier molecular flexibility index (Phi) is 5.09. The molecule has 1 aromatic carbocycles.